The Bertz CT molecular complexity index is 572. The Morgan fingerprint density at radius 3 is 2.89 bits per heavy atom. The lowest BCUT2D eigenvalue weighted by molar-refractivity contribution is -0.137. The molecule has 0 bridgehead atoms. The summed E-state index contributed by atoms with van der Waals surface area (Å²) >= 11 is 0. The van der Waals surface area contributed by atoms with Crippen molar-refractivity contribution in [1.82, 2.24) is 9.55 Å². The number of hydrogen-bond donors (Lipinski definition) is 1. The van der Waals surface area contributed by atoms with Crippen LogP contribution in [0.3, 0.4) is 0 Å². The molecule has 0 atom stereocenters. The van der Waals surface area contributed by atoms with Crippen LogP contribution in [0.15, 0.2) is 18.2 Å². The van der Waals surface area contributed by atoms with Crippen molar-refractivity contribution in [1.29, 1.82) is 0 Å². The van der Waals surface area contributed by atoms with Crippen LogP contribution >= 0.6 is 0 Å². The first-order valence-electron chi connectivity index (χ1n) is 6.21. The van der Waals surface area contributed by atoms with Crippen LogP contribution < -0.4 is 0 Å². The van der Waals surface area contributed by atoms with E-state index >= 15 is 0 Å². The van der Waals surface area contributed by atoms with E-state index in [-0.39, 0.29) is 6.42 Å². The maximum Gasteiger partial charge on any atom is 0.303 e. The van der Waals surface area contributed by atoms with Gasteiger partial charge in [0.25, 0.3) is 0 Å². The number of aromatic nitrogens is 2. The molecule has 18 heavy (non-hydrogen) atoms. The maximum atomic E-state index is 10.4. The Balaban J connectivity index is 2.09. The highest BCUT2D eigenvalue weighted by Crippen LogP contribution is 2.17. The van der Waals surface area contributed by atoms with Gasteiger partial charge in [-0.25, -0.2) is 4.98 Å². The number of aliphatic carboxylic acids is 1. The number of benzene rings is 1. The number of nitrogens with zero attached hydrogens (tertiary/aromatic N) is 2. The molecule has 0 aliphatic rings. The molecule has 1 N–H and O–H groups in total. The molecule has 0 fully saturated rings. The summed E-state index contributed by atoms with van der Waals surface area (Å²) < 4.78 is 2.09. The van der Waals surface area contributed by atoms with Gasteiger partial charge in [0.2, 0.25) is 0 Å². The number of imidazole rings is 1. The molecule has 0 saturated heterocycles. The molecule has 1 aromatic carbocycles. The minimum absolute atomic E-state index is 0.239. The fraction of sp³-hybridized carbons (Fsp3) is 0.429. The van der Waals surface area contributed by atoms with Gasteiger partial charge in [0.15, 0.2) is 0 Å². The van der Waals surface area contributed by atoms with Gasteiger partial charge in [0, 0.05) is 19.9 Å². The average molecular weight is 246 g/mol. The molecule has 0 aliphatic heterocycles. The van der Waals surface area contributed by atoms with Crippen LogP contribution in [0.1, 0.15) is 30.7 Å². The first-order valence-corrected chi connectivity index (χ1v) is 6.21. The summed E-state index contributed by atoms with van der Waals surface area (Å²) in [6.07, 6.45) is 2.64. The van der Waals surface area contributed by atoms with Crippen molar-refractivity contribution in [2.45, 2.75) is 32.6 Å². The summed E-state index contributed by atoms with van der Waals surface area (Å²) in [6.45, 7) is 2.06. The fourth-order valence-electron chi connectivity index (χ4n) is 2.14. The monoisotopic (exact) mass is 246 g/mol. The molecule has 4 heteroatoms. The highest BCUT2D eigenvalue weighted by atomic mass is 16.4. The van der Waals surface area contributed by atoms with Crippen molar-refractivity contribution in [2.24, 2.45) is 7.05 Å². The Morgan fingerprint density at radius 2 is 2.17 bits per heavy atom. The number of carboxylic acid groups (broad SMARTS) is 1. The topological polar surface area (TPSA) is 55.1 Å². The molecule has 2 rings (SSSR count). The van der Waals surface area contributed by atoms with Gasteiger partial charge in [-0.2, -0.15) is 0 Å². The molecule has 0 saturated carbocycles. The van der Waals surface area contributed by atoms with Gasteiger partial charge in [-0.15, -0.1) is 0 Å². The van der Waals surface area contributed by atoms with E-state index in [1.807, 2.05) is 7.05 Å². The summed E-state index contributed by atoms with van der Waals surface area (Å²) in [6, 6.07) is 6.24. The Hall–Kier alpha value is -1.84. The smallest absolute Gasteiger partial charge is 0.303 e. The first kappa shape index (κ1) is 12.6. The van der Waals surface area contributed by atoms with Crippen molar-refractivity contribution in [3.05, 3.63) is 29.6 Å². The van der Waals surface area contributed by atoms with E-state index in [4.69, 9.17) is 5.11 Å². The predicted octanol–water partition coefficient (Wildman–Crippen LogP) is 2.68. The first-order chi connectivity index (χ1) is 8.58. The highest BCUT2D eigenvalue weighted by Gasteiger charge is 2.07. The number of aryl methyl sites for hydroxylation is 3. The number of rotatable bonds is 5. The quantitative estimate of drug-likeness (QED) is 0.825. The van der Waals surface area contributed by atoms with E-state index in [2.05, 4.69) is 34.7 Å². The Kier molecular flexibility index (Phi) is 3.65. The average Bonchev–Trinajstić information content (AvgIpc) is 2.61. The van der Waals surface area contributed by atoms with Gasteiger partial charge in [-0.3, -0.25) is 4.79 Å². The van der Waals surface area contributed by atoms with Crippen LogP contribution in [0, 0.1) is 6.92 Å². The van der Waals surface area contributed by atoms with Crippen LogP contribution in [0.4, 0.5) is 0 Å². The molecule has 0 radical (unpaired) electrons. The third kappa shape index (κ3) is 2.70. The molecule has 1 heterocycles. The zero-order chi connectivity index (χ0) is 13.1. The number of fused-ring (bicyclic) bond motifs is 1. The van der Waals surface area contributed by atoms with E-state index in [0.717, 1.165) is 29.7 Å². The second kappa shape index (κ2) is 5.21. The zero-order valence-electron chi connectivity index (χ0n) is 10.8. The van der Waals surface area contributed by atoms with Crippen molar-refractivity contribution in [2.75, 3.05) is 0 Å². The summed E-state index contributed by atoms with van der Waals surface area (Å²) in [7, 11) is 2.01. The van der Waals surface area contributed by atoms with Crippen molar-refractivity contribution in [3.63, 3.8) is 0 Å². The van der Waals surface area contributed by atoms with Crippen LogP contribution in [0.5, 0.6) is 0 Å². The summed E-state index contributed by atoms with van der Waals surface area (Å²) in [4.78, 5) is 15.0. The lowest BCUT2D eigenvalue weighted by Gasteiger charge is -2.01. The predicted molar refractivity (Wildman–Crippen MR) is 70.6 cm³/mol. The normalized spacial score (nSPS) is 11.0. The minimum Gasteiger partial charge on any atom is -0.481 e. The lowest BCUT2D eigenvalue weighted by atomic mass is 10.2. The molecule has 0 spiro atoms. The number of hydrogen-bond acceptors (Lipinski definition) is 2. The Labute approximate surface area is 106 Å². The van der Waals surface area contributed by atoms with E-state index in [0.29, 0.717) is 6.42 Å². The third-order valence-electron chi connectivity index (χ3n) is 3.17. The Morgan fingerprint density at radius 1 is 1.39 bits per heavy atom. The zero-order valence-corrected chi connectivity index (χ0v) is 10.8. The van der Waals surface area contributed by atoms with Gasteiger partial charge >= 0.3 is 5.97 Å². The molecular weight excluding hydrogens is 228 g/mol. The van der Waals surface area contributed by atoms with Crippen LogP contribution in [0.2, 0.25) is 0 Å². The van der Waals surface area contributed by atoms with Crippen molar-refractivity contribution < 1.29 is 9.90 Å². The molecule has 0 aliphatic carbocycles. The van der Waals surface area contributed by atoms with Gasteiger partial charge in [0.05, 0.1) is 11.0 Å². The molecule has 2 aromatic rings. The second-order valence-corrected chi connectivity index (χ2v) is 4.68. The van der Waals surface area contributed by atoms with Gasteiger partial charge < -0.3 is 9.67 Å². The van der Waals surface area contributed by atoms with Gasteiger partial charge in [-0.1, -0.05) is 6.07 Å². The van der Waals surface area contributed by atoms with Crippen LogP contribution in [-0.2, 0) is 18.3 Å². The number of carbonyl (C=O) groups is 1. The van der Waals surface area contributed by atoms with Crippen LogP contribution in [-0.4, -0.2) is 20.6 Å². The molecule has 96 valence electrons. The van der Waals surface area contributed by atoms with Gasteiger partial charge in [-0.05, 0) is 37.5 Å². The van der Waals surface area contributed by atoms with Crippen LogP contribution in [0.25, 0.3) is 11.0 Å². The second-order valence-electron chi connectivity index (χ2n) is 4.68. The largest absolute Gasteiger partial charge is 0.481 e. The maximum absolute atomic E-state index is 10.4. The van der Waals surface area contributed by atoms with E-state index in [1.54, 1.807) is 0 Å². The van der Waals surface area contributed by atoms with E-state index in [1.165, 1.54) is 5.56 Å². The van der Waals surface area contributed by atoms with Crippen molar-refractivity contribution in [3.8, 4) is 0 Å². The number of unbranched alkanes of at least 4 members (excludes halogenated alkanes) is 1. The molecule has 0 unspecified atom stereocenters. The minimum atomic E-state index is -0.726. The molecule has 4 nitrogen and oxygen atoms in total. The highest BCUT2D eigenvalue weighted by molar-refractivity contribution is 5.76. The molecule has 1 aromatic heterocycles. The van der Waals surface area contributed by atoms with E-state index < -0.39 is 5.97 Å². The fourth-order valence-corrected chi connectivity index (χ4v) is 2.14. The number of carboxylic acids is 1. The SMILES string of the molecule is Cc1ccc2c(c1)nc(CCCCC(=O)O)n2C. The lowest BCUT2D eigenvalue weighted by Crippen LogP contribution is -1.99. The van der Waals surface area contributed by atoms with E-state index in [9.17, 15) is 4.79 Å². The molecule has 0 amide bonds. The third-order valence-corrected chi connectivity index (χ3v) is 3.17. The summed E-state index contributed by atoms with van der Waals surface area (Å²) in [5, 5.41) is 8.59. The van der Waals surface area contributed by atoms with Gasteiger partial charge in [0.1, 0.15) is 5.82 Å². The van der Waals surface area contributed by atoms with Crippen molar-refractivity contribution >= 4 is 17.0 Å². The standard InChI is InChI=1S/C14H18N2O2/c1-10-7-8-12-11(9-10)15-13(16(12)2)5-3-4-6-14(17)18/h7-9H,3-6H2,1-2H3,(H,17,18). The summed E-state index contributed by atoms with van der Waals surface area (Å²) in [5.74, 6) is 0.302. The molecular formula is C14H18N2O2. The summed E-state index contributed by atoms with van der Waals surface area (Å²) in [5.41, 5.74) is 3.36.